The van der Waals surface area contributed by atoms with Gasteiger partial charge in [-0.3, -0.25) is 0 Å². The van der Waals surface area contributed by atoms with E-state index >= 15 is 0 Å². The van der Waals surface area contributed by atoms with Crippen LogP contribution in [-0.2, 0) is 5.75 Å². The summed E-state index contributed by atoms with van der Waals surface area (Å²) < 4.78 is 10.3. The van der Waals surface area contributed by atoms with Crippen molar-refractivity contribution in [2.75, 3.05) is 0 Å². The molecule has 6 heteroatoms. The van der Waals surface area contributed by atoms with Crippen LogP contribution in [-0.4, -0.2) is 15.1 Å². The predicted molar refractivity (Wildman–Crippen MR) is 70.5 cm³/mol. The van der Waals surface area contributed by atoms with Crippen molar-refractivity contribution in [3.8, 4) is 11.7 Å². The van der Waals surface area contributed by atoms with Crippen molar-refractivity contribution in [3.05, 3.63) is 48.1 Å². The number of nitrogens with zero attached hydrogens (tertiary/aromatic N) is 3. The summed E-state index contributed by atoms with van der Waals surface area (Å²) in [7, 11) is 0. The molecule has 0 saturated carbocycles. The highest BCUT2D eigenvalue weighted by molar-refractivity contribution is 7.98. The van der Waals surface area contributed by atoms with Gasteiger partial charge in [0.1, 0.15) is 0 Å². The van der Waals surface area contributed by atoms with Gasteiger partial charge >= 0.3 is 0 Å². The molecule has 0 atom stereocenters. The average Bonchev–Trinajstić information content (AvgIpc) is 3.09. The van der Waals surface area contributed by atoms with Crippen LogP contribution < -0.4 is 0 Å². The van der Waals surface area contributed by atoms with Crippen LogP contribution >= 0.6 is 11.8 Å². The molecule has 0 fully saturated rings. The summed E-state index contributed by atoms with van der Waals surface area (Å²) in [5, 5.41) is 4.85. The van der Waals surface area contributed by atoms with Crippen molar-refractivity contribution in [1.82, 2.24) is 15.1 Å². The number of aromatic nitrogens is 3. The van der Waals surface area contributed by atoms with E-state index in [1.807, 2.05) is 25.3 Å². The van der Waals surface area contributed by atoms with E-state index in [1.54, 1.807) is 30.2 Å². The first kappa shape index (κ1) is 12.0. The second-order valence-corrected chi connectivity index (χ2v) is 4.95. The monoisotopic (exact) mass is 273 g/mol. The summed E-state index contributed by atoms with van der Waals surface area (Å²) in [6.07, 6.45) is 3.41. The first-order chi connectivity index (χ1) is 9.31. The van der Waals surface area contributed by atoms with E-state index in [0.717, 1.165) is 10.6 Å². The second kappa shape index (κ2) is 5.27. The van der Waals surface area contributed by atoms with E-state index < -0.39 is 0 Å². The van der Waals surface area contributed by atoms with Gasteiger partial charge in [0.05, 0.1) is 17.0 Å². The Hall–Kier alpha value is -2.08. The lowest BCUT2D eigenvalue weighted by molar-refractivity contribution is 0.411. The Bertz CT molecular complexity index is 647. The van der Waals surface area contributed by atoms with Crippen LogP contribution in [0.2, 0.25) is 0 Å². The van der Waals surface area contributed by atoms with Crippen molar-refractivity contribution >= 4 is 11.8 Å². The highest BCUT2D eigenvalue weighted by Crippen LogP contribution is 2.22. The van der Waals surface area contributed by atoms with Gasteiger partial charge in [-0.05, 0) is 30.7 Å². The Balaban J connectivity index is 1.66. The molecule has 3 aromatic rings. The minimum absolute atomic E-state index is 0.400. The van der Waals surface area contributed by atoms with Crippen LogP contribution in [0, 0.1) is 6.92 Å². The van der Waals surface area contributed by atoms with Gasteiger partial charge in [-0.2, -0.15) is 4.98 Å². The van der Waals surface area contributed by atoms with Crippen LogP contribution in [0.25, 0.3) is 11.7 Å². The highest BCUT2D eigenvalue weighted by Gasteiger charge is 2.11. The Morgan fingerprint density at radius 1 is 1.26 bits per heavy atom. The van der Waals surface area contributed by atoms with Gasteiger partial charge < -0.3 is 8.94 Å². The number of aryl methyl sites for hydroxylation is 1. The number of hydrogen-bond donors (Lipinski definition) is 0. The van der Waals surface area contributed by atoms with Gasteiger partial charge in [0, 0.05) is 6.20 Å². The maximum absolute atomic E-state index is 5.19. The van der Waals surface area contributed by atoms with Crippen molar-refractivity contribution in [2.45, 2.75) is 17.7 Å². The zero-order valence-electron chi connectivity index (χ0n) is 10.2. The maximum atomic E-state index is 5.19. The zero-order chi connectivity index (χ0) is 13.1. The van der Waals surface area contributed by atoms with Gasteiger partial charge in [-0.15, -0.1) is 0 Å². The molecule has 0 aromatic carbocycles. The van der Waals surface area contributed by atoms with Crippen molar-refractivity contribution in [3.63, 3.8) is 0 Å². The molecule has 0 aliphatic rings. The Morgan fingerprint density at radius 3 is 2.95 bits per heavy atom. The Labute approximate surface area is 114 Å². The van der Waals surface area contributed by atoms with E-state index in [0.29, 0.717) is 23.2 Å². The molecule has 0 spiro atoms. The van der Waals surface area contributed by atoms with Crippen LogP contribution in [0.3, 0.4) is 0 Å². The van der Waals surface area contributed by atoms with E-state index in [4.69, 9.17) is 8.94 Å². The number of thioether (sulfide) groups is 1. The molecule has 0 radical (unpaired) electrons. The smallest absolute Gasteiger partial charge is 0.293 e. The highest BCUT2D eigenvalue weighted by atomic mass is 32.2. The fourth-order valence-electron chi connectivity index (χ4n) is 1.49. The lowest BCUT2D eigenvalue weighted by Crippen LogP contribution is -1.86. The summed E-state index contributed by atoms with van der Waals surface area (Å²) in [4.78, 5) is 8.57. The minimum atomic E-state index is 0.400. The second-order valence-electron chi connectivity index (χ2n) is 3.96. The van der Waals surface area contributed by atoms with E-state index in [9.17, 15) is 0 Å². The number of pyridine rings is 1. The average molecular weight is 273 g/mol. The Kier molecular flexibility index (Phi) is 3.33. The van der Waals surface area contributed by atoms with Crippen LogP contribution in [0.4, 0.5) is 0 Å². The lowest BCUT2D eigenvalue weighted by atomic mass is 10.3. The fourth-order valence-corrected chi connectivity index (χ4v) is 2.18. The molecule has 0 N–H and O–H groups in total. The SMILES string of the molecule is Cc1ccc(SCc2noc(-c3ccco3)n2)nc1. The molecule has 5 nitrogen and oxygen atoms in total. The third-order valence-electron chi connectivity index (χ3n) is 2.43. The largest absolute Gasteiger partial charge is 0.459 e. The molecular weight excluding hydrogens is 262 g/mol. The predicted octanol–water partition coefficient (Wildman–Crippen LogP) is 3.33. The summed E-state index contributed by atoms with van der Waals surface area (Å²) >= 11 is 1.57. The quantitative estimate of drug-likeness (QED) is 0.679. The number of furan rings is 1. The van der Waals surface area contributed by atoms with Gasteiger partial charge in [0.2, 0.25) is 0 Å². The van der Waals surface area contributed by atoms with Crippen molar-refractivity contribution in [1.29, 1.82) is 0 Å². The van der Waals surface area contributed by atoms with Crippen molar-refractivity contribution in [2.24, 2.45) is 0 Å². The lowest BCUT2D eigenvalue weighted by Gasteiger charge is -1.97. The fraction of sp³-hybridized carbons (Fsp3) is 0.154. The molecule has 0 amide bonds. The summed E-state index contributed by atoms with van der Waals surface area (Å²) in [6, 6.07) is 7.57. The molecule has 0 saturated heterocycles. The van der Waals surface area contributed by atoms with Crippen molar-refractivity contribution < 1.29 is 8.94 Å². The standard InChI is InChI=1S/C13H11N3O2S/c1-9-4-5-12(14-7-9)19-8-11-15-13(18-16-11)10-3-2-6-17-10/h2-7H,8H2,1H3. The molecule has 19 heavy (non-hydrogen) atoms. The minimum Gasteiger partial charge on any atom is -0.459 e. The topological polar surface area (TPSA) is 65.0 Å². The number of rotatable bonds is 4. The van der Waals surface area contributed by atoms with Crippen LogP contribution in [0.15, 0.2) is 50.7 Å². The molecule has 0 aliphatic heterocycles. The molecular formula is C13H11N3O2S. The molecule has 96 valence electrons. The first-order valence-electron chi connectivity index (χ1n) is 5.73. The summed E-state index contributed by atoms with van der Waals surface area (Å²) in [5.74, 6) is 2.22. The normalized spacial score (nSPS) is 10.8. The summed E-state index contributed by atoms with van der Waals surface area (Å²) in [5.41, 5.74) is 1.14. The Morgan fingerprint density at radius 2 is 2.21 bits per heavy atom. The summed E-state index contributed by atoms with van der Waals surface area (Å²) in [6.45, 7) is 2.01. The molecule has 0 aliphatic carbocycles. The maximum Gasteiger partial charge on any atom is 0.293 e. The van der Waals surface area contributed by atoms with Gasteiger partial charge in [-0.25, -0.2) is 4.98 Å². The van der Waals surface area contributed by atoms with Crippen LogP contribution in [0.1, 0.15) is 11.4 Å². The number of hydrogen-bond acceptors (Lipinski definition) is 6. The molecule has 3 heterocycles. The zero-order valence-corrected chi connectivity index (χ0v) is 11.1. The molecule has 3 rings (SSSR count). The molecule has 3 aromatic heterocycles. The van der Waals surface area contributed by atoms with Crippen LogP contribution in [0.5, 0.6) is 0 Å². The molecule has 0 bridgehead atoms. The van der Waals surface area contributed by atoms with E-state index in [-0.39, 0.29) is 0 Å². The van der Waals surface area contributed by atoms with E-state index in [1.165, 1.54) is 0 Å². The van der Waals surface area contributed by atoms with Gasteiger partial charge in [0.15, 0.2) is 11.6 Å². The van der Waals surface area contributed by atoms with Gasteiger partial charge in [-0.1, -0.05) is 23.0 Å². The first-order valence-corrected chi connectivity index (χ1v) is 6.72. The molecule has 0 unspecified atom stereocenters. The third-order valence-corrected chi connectivity index (χ3v) is 3.37. The van der Waals surface area contributed by atoms with Gasteiger partial charge in [0.25, 0.3) is 5.89 Å². The van der Waals surface area contributed by atoms with E-state index in [2.05, 4.69) is 15.1 Å². The third kappa shape index (κ3) is 2.85.